The Morgan fingerprint density at radius 1 is 1.33 bits per heavy atom. The zero-order valence-corrected chi connectivity index (χ0v) is 14.2. The van der Waals surface area contributed by atoms with Gasteiger partial charge in [-0.15, -0.1) is 0 Å². The van der Waals surface area contributed by atoms with Gasteiger partial charge in [0.2, 0.25) is 6.79 Å². The van der Waals surface area contributed by atoms with Gasteiger partial charge in [-0.05, 0) is 51.8 Å². The lowest BCUT2D eigenvalue weighted by Gasteiger charge is -2.06. The molecule has 2 aromatic rings. The van der Waals surface area contributed by atoms with Crippen LogP contribution in [0.2, 0.25) is 0 Å². The first-order valence-corrected chi connectivity index (χ1v) is 7.67. The fourth-order valence-corrected chi connectivity index (χ4v) is 2.55. The number of hydrogen-bond donors (Lipinski definition) is 2. The molecule has 0 aromatic heterocycles. The van der Waals surface area contributed by atoms with Gasteiger partial charge in [-0.25, -0.2) is 5.43 Å². The molecule has 1 heterocycles. The summed E-state index contributed by atoms with van der Waals surface area (Å²) in [4.78, 5) is 12.1. The average Bonchev–Trinajstić information content (AvgIpc) is 3.05. The lowest BCUT2D eigenvalue weighted by Crippen LogP contribution is -2.17. The lowest BCUT2D eigenvalue weighted by atomic mass is 10.2. The SMILES string of the molecule is COc1cc(/C=N/NC(=O)c2ccc3c(c2)OCO3)cc(Br)c1O. The maximum absolute atomic E-state index is 12.1. The number of phenols is 1. The highest BCUT2D eigenvalue weighted by Crippen LogP contribution is 2.35. The molecule has 0 radical (unpaired) electrons. The number of benzene rings is 2. The van der Waals surface area contributed by atoms with Crippen LogP contribution in [0.1, 0.15) is 15.9 Å². The van der Waals surface area contributed by atoms with Gasteiger partial charge in [0.1, 0.15) is 0 Å². The second-order valence-corrected chi connectivity index (χ2v) is 5.68. The highest BCUT2D eigenvalue weighted by Gasteiger charge is 2.15. The minimum atomic E-state index is -0.380. The third-order valence-electron chi connectivity index (χ3n) is 3.29. The maximum Gasteiger partial charge on any atom is 0.271 e. The number of nitrogens with zero attached hydrogens (tertiary/aromatic N) is 1. The predicted molar refractivity (Wildman–Crippen MR) is 90.0 cm³/mol. The number of hydrogen-bond acceptors (Lipinski definition) is 6. The second kappa shape index (κ2) is 6.79. The molecule has 2 N–H and O–H groups in total. The molecule has 124 valence electrons. The Bertz CT molecular complexity index is 822. The number of methoxy groups -OCH3 is 1. The summed E-state index contributed by atoms with van der Waals surface area (Å²) in [5.74, 6) is 1.05. The number of hydrazone groups is 1. The van der Waals surface area contributed by atoms with E-state index < -0.39 is 0 Å². The van der Waals surface area contributed by atoms with Crippen molar-refractivity contribution in [3.05, 3.63) is 45.9 Å². The molecule has 0 fully saturated rings. The van der Waals surface area contributed by atoms with Gasteiger partial charge in [0.05, 0.1) is 17.8 Å². The first-order chi connectivity index (χ1) is 11.6. The van der Waals surface area contributed by atoms with Crippen molar-refractivity contribution in [2.24, 2.45) is 5.10 Å². The highest BCUT2D eigenvalue weighted by molar-refractivity contribution is 9.10. The molecule has 3 rings (SSSR count). The molecule has 1 aliphatic rings. The molecular weight excluding hydrogens is 380 g/mol. The molecule has 0 bridgehead atoms. The summed E-state index contributed by atoms with van der Waals surface area (Å²) < 4.78 is 15.9. The maximum atomic E-state index is 12.1. The Kier molecular flexibility index (Phi) is 4.57. The van der Waals surface area contributed by atoms with Gasteiger partial charge in [-0.3, -0.25) is 4.79 Å². The van der Waals surface area contributed by atoms with Crippen LogP contribution in [0.25, 0.3) is 0 Å². The summed E-state index contributed by atoms with van der Waals surface area (Å²) in [5.41, 5.74) is 3.47. The molecule has 0 atom stereocenters. The summed E-state index contributed by atoms with van der Waals surface area (Å²) in [7, 11) is 1.45. The summed E-state index contributed by atoms with van der Waals surface area (Å²) in [5, 5.41) is 13.7. The largest absolute Gasteiger partial charge is 0.503 e. The van der Waals surface area contributed by atoms with Crippen molar-refractivity contribution in [2.75, 3.05) is 13.9 Å². The van der Waals surface area contributed by atoms with Crippen molar-refractivity contribution in [2.45, 2.75) is 0 Å². The van der Waals surface area contributed by atoms with Crippen LogP contribution in [-0.4, -0.2) is 31.1 Å². The molecule has 24 heavy (non-hydrogen) atoms. The van der Waals surface area contributed by atoms with Crippen molar-refractivity contribution in [1.82, 2.24) is 5.43 Å². The third-order valence-corrected chi connectivity index (χ3v) is 3.89. The Balaban J connectivity index is 1.70. The van der Waals surface area contributed by atoms with Gasteiger partial charge < -0.3 is 19.3 Å². The Morgan fingerprint density at radius 2 is 2.12 bits per heavy atom. The molecule has 0 spiro atoms. The first kappa shape index (κ1) is 16.1. The summed E-state index contributed by atoms with van der Waals surface area (Å²) in [6, 6.07) is 8.12. The van der Waals surface area contributed by atoms with E-state index in [4.69, 9.17) is 14.2 Å². The van der Waals surface area contributed by atoms with Crippen LogP contribution in [0, 0.1) is 0 Å². The Labute approximate surface area is 146 Å². The summed E-state index contributed by atoms with van der Waals surface area (Å²) in [6.45, 7) is 0.149. The van der Waals surface area contributed by atoms with E-state index in [-0.39, 0.29) is 18.4 Å². The third kappa shape index (κ3) is 3.28. The fourth-order valence-electron chi connectivity index (χ4n) is 2.09. The first-order valence-electron chi connectivity index (χ1n) is 6.88. The van der Waals surface area contributed by atoms with Gasteiger partial charge in [0, 0.05) is 5.56 Å². The van der Waals surface area contributed by atoms with E-state index in [1.807, 2.05) is 0 Å². The Hall–Kier alpha value is -2.74. The quantitative estimate of drug-likeness (QED) is 0.616. The second-order valence-electron chi connectivity index (χ2n) is 4.82. The van der Waals surface area contributed by atoms with Crippen molar-refractivity contribution in [3.8, 4) is 23.0 Å². The molecule has 8 heteroatoms. The predicted octanol–water partition coefficient (Wildman–Crippen LogP) is 2.66. The normalized spacial score (nSPS) is 12.4. The smallest absolute Gasteiger partial charge is 0.271 e. The molecule has 0 unspecified atom stereocenters. The number of carbonyl (C=O) groups excluding carboxylic acids is 1. The Morgan fingerprint density at radius 3 is 2.92 bits per heavy atom. The van der Waals surface area contributed by atoms with Crippen molar-refractivity contribution >= 4 is 28.1 Å². The zero-order chi connectivity index (χ0) is 17.1. The number of halogens is 1. The van der Waals surface area contributed by atoms with Crippen LogP contribution in [0.4, 0.5) is 0 Å². The topological polar surface area (TPSA) is 89.4 Å². The van der Waals surface area contributed by atoms with Gasteiger partial charge in [0.15, 0.2) is 23.0 Å². The molecular formula is C16H13BrN2O5. The van der Waals surface area contributed by atoms with E-state index in [2.05, 4.69) is 26.5 Å². The van der Waals surface area contributed by atoms with E-state index in [0.29, 0.717) is 32.8 Å². The van der Waals surface area contributed by atoms with E-state index >= 15 is 0 Å². The van der Waals surface area contributed by atoms with Crippen LogP contribution >= 0.6 is 15.9 Å². The standard InChI is InChI=1S/C16H13BrN2O5/c1-22-14-5-9(4-11(17)15(14)20)7-18-19-16(21)10-2-3-12-13(6-10)24-8-23-12/h2-7,20H,8H2,1H3,(H,19,21)/b18-7+. The zero-order valence-electron chi connectivity index (χ0n) is 12.6. The van der Waals surface area contributed by atoms with E-state index in [1.54, 1.807) is 30.3 Å². The molecule has 1 amide bonds. The van der Waals surface area contributed by atoms with Gasteiger partial charge in [-0.2, -0.15) is 5.10 Å². The van der Waals surface area contributed by atoms with E-state index in [1.165, 1.54) is 13.3 Å². The minimum absolute atomic E-state index is 0.000884. The molecule has 0 aliphatic carbocycles. The van der Waals surface area contributed by atoms with Crippen molar-refractivity contribution < 1.29 is 24.1 Å². The monoisotopic (exact) mass is 392 g/mol. The van der Waals surface area contributed by atoms with Gasteiger partial charge in [0.25, 0.3) is 5.91 Å². The number of amides is 1. The van der Waals surface area contributed by atoms with Gasteiger partial charge >= 0.3 is 0 Å². The van der Waals surface area contributed by atoms with Crippen LogP contribution < -0.4 is 19.6 Å². The highest BCUT2D eigenvalue weighted by atomic mass is 79.9. The van der Waals surface area contributed by atoms with Gasteiger partial charge in [-0.1, -0.05) is 0 Å². The van der Waals surface area contributed by atoms with Crippen molar-refractivity contribution in [1.29, 1.82) is 0 Å². The molecule has 2 aromatic carbocycles. The summed E-state index contributed by atoms with van der Waals surface area (Å²) in [6.07, 6.45) is 1.44. The van der Waals surface area contributed by atoms with Crippen LogP contribution in [0.3, 0.4) is 0 Å². The average molecular weight is 393 g/mol. The van der Waals surface area contributed by atoms with E-state index in [0.717, 1.165) is 0 Å². The lowest BCUT2D eigenvalue weighted by molar-refractivity contribution is 0.0954. The van der Waals surface area contributed by atoms with Crippen molar-refractivity contribution in [3.63, 3.8) is 0 Å². The number of carbonyl (C=O) groups is 1. The molecule has 7 nitrogen and oxygen atoms in total. The number of rotatable bonds is 4. The molecule has 0 saturated carbocycles. The number of nitrogens with one attached hydrogen (secondary N) is 1. The molecule has 0 saturated heterocycles. The summed E-state index contributed by atoms with van der Waals surface area (Å²) >= 11 is 3.22. The molecule has 1 aliphatic heterocycles. The number of fused-ring (bicyclic) bond motifs is 1. The number of phenolic OH excluding ortho intramolecular Hbond substituents is 1. The number of aromatic hydroxyl groups is 1. The van der Waals surface area contributed by atoms with Crippen LogP contribution in [-0.2, 0) is 0 Å². The minimum Gasteiger partial charge on any atom is -0.503 e. The van der Waals surface area contributed by atoms with E-state index in [9.17, 15) is 9.90 Å². The number of ether oxygens (including phenoxy) is 3. The van der Waals surface area contributed by atoms with Crippen LogP contribution in [0.5, 0.6) is 23.0 Å². The van der Waals surface area contributed by atoms with Crippen LogP contribution in [0.15, 0.2) is 39.9 Å². The fraction of sp³-hybridized carbons (Fsp3) is 0.125.